The third-order valence-electron chi connectivity index (χ3n) is 8.03. The molecule has 1 heterocycles. The zero-order valence-electron chi connectivity index (χ0n) is 22.5. The van der Waals surface area contributed by atoms with Crippen molar-refractivity contribution in [1.29, 1.82) is 0 Å². The van der Waals surface area contributed by atoms with Crippen molar-refractivity contribution in [1.82, 2.24) is 4.90 Å². The number of nitrogens with zero attached hydrogens (tertiary/aromatic N) is 2. The highest BCUT2D eigenvalue weighted by Gasteiger charge is 2.59. The second kappa shape index (κ2) is 9.10. The molecule has 10 nitrogen and oxygen atoms in total. The highest BCUT2D eigenvalue weighted by Crippen LogP contribution is 2.53. The van der Waals surface area contributed by atoms with Crippen molar-refractivity contribution in [2.75, 3.05) is 33.1 Å². The minimum Gasteiger partial charge on any atom is -0.511 e. The molecule has 0 spiro atoms. The number of phenolic OH excluding ortho intramolecular Hbond substituents is 1. The number of aliphatic hydroxyl groups excluding tert-OH is 2. The summed E-state index contributed by atoms with van der Waals surface area (Å²) in [5.41, 5.74) is -1.75. The summed E-state index contributed by atoms with van der Waals surface area (Å²) in [4.78, 5) is 43.1. The van der Waals surface area contributed by atoms with Gasteiger partial charge in [0.15, 0.2) is 17.2 Å². The molecule has 3 aliphatic carbocycles. The van der Waals surface area contributed by atoms with Gasteiger partial charge in [-0.1, -0.05) is 0 Å². The van der Waals surface area contributed by atoms with Crippen LogP contribution in [-0.4, -0.2) is 76.5 Å². The molecule has 39 heavy (non-hydrogen) atoms. The van der Waals surface area contributed by atoms with Crippen LogP contribution in [0.1, 0.15) is 41.4 Å². The molecule has 1 aromatic carbocycles. The maximum absolute atomic E-state index is 14.0. The number of phenols is 1. The van der Waals surface area contributed by atoms with Crippen molar-refractivity contribution in [3.05, 3.63) is 57.8 Å². The maximum atomic E-state index is 14.0. The summed E-state index contributed by atoms with van der Waals surface area (Å²) in [7, 11) is 7.42. The van der Waals surface area contributed by atoms with Gasteiger partial charge in [0.1, 0.15) is 34.4 Å². The third-order valence-corrected chi connectivity index (χ3v) is 8.03. The average Bonchev–Trinajstić information content (AvgIpc) is 3.28. The molecule has 0 unspecified atom stereocenters. The highest BCUT2D eigenvalue weighted by atomic mass is 16.4. The Morgan fingerprint density at radius 2 is 1.79 bits per heavy atom. The van der Waals surface area contributed by atoms with E-state index in [4.69, 9.17) is 4.42 Å². The topological polar surface area (TPSA) is 152 Å². The summed E-state index contributed by atoms with van der Waals surface area (Å²) in [6.45, 7) is 1.62. The molecule has 0 bridgehead atoms. The van der Waals surface area contributed by atoms with Crippen LogP contribution in [0.5, 0.6) is 5.75 Å². The molecule has 0 amide bonds. The van der Waals surface area contributed by atoms with Crippen LogP contribution in [0.15, 0.2) is 45.3 Å². The lowest BCUT2D eigenvalue weighted by Gasteiger charge is -2.46. The first kappa shape index (κ1) is 26.7. The first-order chi connectivity index (χ1) is 18.3. The Morgan fingerprint density at radius 1 is 1.10 bits per heavy atom. The lowest BCUT2D eigenvalue weighted by molar-refractivity contribution is -0.144. The lowest BCUT2D eigenvalue weighted by Crippen LogP contribution is -2.56. The fourth-order valence-corrected chi connectivity index (χ4v) is 6.28. The van der Waals surface area contributed by atoms with Crippen LogP contribution < -0.4 is 4.90 Å². The molecule has 10 heteroatoms. The van der Waals surface area contributed by atoms with Gasteiger partial charge in [0, 0.05) is 37.7 Å². The van der Waals surface area contributed by atoms with E-state index in [-0.39, 0.29) is 36.1 Å². The Kier molecular flexibility index (Phi) is 6.23. The SMILES string of the molecule is CC(=O)C1=C(O)C[C@@H]2C[C@@H]3Cc4c(N(C)C)cc(-c5ccc(CN(C)C)o5)c(O)c4C(=O)C3=C(O)[C@]2(O)C1=O. The van der Waals surface area contributed by atoms with Gasteiger partial charge < -0.3 is 34.6 Å². The van der Waals surface area contributed by atoms with Crippen LogP contribution in [-0.2, 0) is 22.6 Å². The standard InChI is InChI=1S/C29H32N2O8/c1-13(32)22-20(33)10-15-8-14-9-17-19(31(4)5)11-18(21-7-6-16(39-21)12-30(2)3)25(34)24(17)26(35)23(14)28(37)29(15,38)27(22)36/h6-7,11,14-15,33-34,37-38H,8-10,12H2,1-5H3/t14-,15+,29-/m1/s1. The third kappa shape index (κ3) is 3.89. The number of benzene rings is 1. The van der Waals surface area contributed by atoms with Gasteiger partial charge >= 0.3 is 0 Å². The number of aliphatic hydroxyl groups is 3. The normalized spacial score (nSPS) is 24.6. The van der Waals surface area contributed by atoms with E-state index >= 15 is 0 Å². The smallest absolute Gasteiger partial charge is 0.209 e. The molecule has 5 rings (SSSR count). The minimum absolute atomic E-state index is 0.0324. The van der Waals surface area contributed by atoms with E-state index in [0.29, 0.717) is 34.9 Å². The minimum atomic E-state index is -2.52. The second-order valence-electron chi connectivity index (χ2n) is 11.1. The Morgan fingerprint density at radius 3 is 2.41 bits per heavy atom. The summed E-state index contributed by atoms with van der Waals surface area (Å²) in [5, 5.41) is 44.6. The average molecular weight is 537 g/mol. The summed E-state index contributed by atoms with van der Waals surface area (Å²) in [6.07, 6.45) is 0.171. The quantitative estimate of drug-likeness (QED) is 0.420. The Balaban J connectivity index is 1.68. The molecule has 2 aromatic rings. The van der Waals surface area contributed by atoms with Gasteiger partial charge in [0.05, 0.1) is 17.7 Å². The van der Waals surface area contributed by atoms with Crippen LogP contribution >= 0.6 is 0 Å². The summed E-state index contributed by atoms with van der Waals surface area (Å²) in [6, 6.07) is 5.26. The first-order valence-electron chi connectivity index (χ1n) is 12.8. The van der Waals surface area contributed by atoms with Gasteiger partial charge in [-0.25, -0.2) is 0 Å². The number of carbonyl (C=O) groups is 3. The summed E-state index contributed by atoms with van der Waals surface area (Å²) in [5.74, 6) is -4.61. The number of hydrogen-bond donors (Lipinski definition) is 4. The number of allylic oxidation sites excluding steroid dienone is 2. The molecule has 0 radical (unpaired) electrons. The van der Waals surface area contributed by atoms with Crippen molar-refractivity contribution in [2.45, 2.75) is 38.3 Å². The monoisotopic (exact) mass is 536 g/mol. The lowest BCUT2D eigenvalue weighted by atomic mass is 9.60. The number of hydrogen-bond acceptors (Lipinski definition) is 10. The number of anilines is 1. The van der Waals surface area contributed by atoms with Crippen molar-refractivity contribution in [2.24, 2.45) is 11.8 Å². The van der Waals surface area contributed by atoms with E-state index in [2.05, 4.69) is 0 Å². The first-order valence-corrected chi connectivity index (χ1v) is 12.8. The molecular formula is C29H32N2O8. The van der Waals surface area contributed by atoms with Gasteiger partial charge in [0.25, 0.3) is 0 Å². The van der Waals surface area contributed by atoms with Crippen molar-refractivity contribution >= 4 is 23.0 Å². The zero-order valence-corrected chi connectivity index (χ0v) is 22.5. The molecule has 3 aliphatic rings. The molecule has 0 saturated heterocycles. The van der Waals surface area contributed by atoms with Gasteiger partial charge in [0.2, 0.25) is 5.78 Å². The fourth-order valence-electron chi connectivity index (χ4n) is 6.28. The largest absolute Gasteiger partial charge is 0.511 e. The van der Waals surface area contributed by atoms with Crippen LogP contribution in [0, 0.1) is 11.8 Å². The predicted octanol–water partition coefficient (Wildman–Crippen LogP) is 3.07. The molecule has 0 fully saturated rings. The molecule has 0 saturated carbocycles. The number of rotatable bonds is 5. The highest BCUT2D eigenvalue weighted by molar-refractivity contribution is 6.25. The molecule has 1 aromatic heterocycles. The number of aromatic hydroxyl groups is 1. The fraction of sp³-hybridized carbons (Fsp3) is 0.414. The van der Waals surface area contributed by atoms with Gasteiger partial charge in [-0.2, -0.15) is 0 Å². The Bertz CT molecular complexity index is 1490. The van der Waals surface area contributed by atoms with Gasteiger partial charge in [-0.05, 0) is 63.5 Å². The van der Waals surface area contributed by atoms with Crippen molar-refractivity contribution in [3.63, 3.8) is 0 Å². The van der Waals surface area contributed by atoms with E-state index in [0.717, 1.165) is 6.92 Å². The summed E-state index contributed by atoms with van der Waals surface area (Å²) >= 11 is 0. The van der Waals surface area contributed by atoms with Gasteiger partial charge in [-0.3, -0.25) is 14.4 Å². The zero-order chi connectivity index (χ0) is 28.5. The van der Waals surface area contributed by atoms with E-state index < -0.39 is 51.9 Å². The Labute approximate surface area is 225 Å². The van der Waals surface area contributed by atoms with Crippen molar-refractivity contribution in [3.8, 4) is 17.1 Å². The number of fused-ring (bicyclic) bond motifs is 3. The summed E-state index contributed by atoms with van der Waals surface area (Å²) < 4.78 is 5.96. The van der Waals surface area contributed by atoms with Crippen LogP contribution in [0.2, 0.25) is 0 Å². The number of furan rings is 1. The molecular weight excluding hydrogens is 504 g/mol. The molecule has 206 valence electrons. The maximum Gasteiger partial charge on any atom is 0.209 e. The number of Topliss-reactive ketones (excluding diaryl/α,β-unsaturated/α-hetero) is 3. The van der Waals surface area contributed by atoms with Crippen LogP contribution in [0.25, 0.3) is 11.3 Å². The van der Waals surface area contributed by atoms with E-state index in [1.54, 1.807) is 18.2 Å². The predicted molar refractivity (Wildman–Crippen MR) is 142 cm³/mol. The number of carbonyl (C=O) groups excluding carboxylic acids is 3. The Hall–Kier alpha value is -3.89. The van der Waals surface area contributed by atoms with E-state index in [1.807, 2.05) is 38.0 Å². The van der Waals surface area contributed by atoms with Crippen LogP contribution in [0.3, 0.4) is 0 Å². The van der Waals surface area contributed by atoms with Crippen molar-refractivity contribution < 1.29 is 39.2 Å². The van der Waals surface area contributed by atoms with E-state index in [1.165, 1.54) is 0 Å². The molecule has 0 aliphatic heterocycles. The molecule has 3 atom stereocenters. The van der Waals surface area contributed by atoms with E-state index in [9.17, 15) is 34.8 Å². The van der Waals surface area contributed by atoms with Crippen LogP contribution in [0.4, 0.5) is 5.69 Å². The van der Waals surface area contributed by atoms with Gasteiger partial charge in [-0.15, -0.1) is 0 Å². The second-order valence-corrected chi connectivity index (χ2v) is 11.1. The number of ketones is 3. The molecule has 4 N–H and O–H groups in total.